The molecule has 3 heteroatoms. The van der Waals surface area contributed by atoms with Gasteiger partial charge in [-0.15, -0.1) is 0 Å². The van der Waals surface area contributed by atoms with E-state index in [1.165, 1.54) is 34.9 Å². The molecule has 0 saturated carbocycles. The molecule has 0 spiro atoms. The Bertz CT molecular complexity index is 443. The van der Waals surface area contributed by atoms with Crippen molar-refractivity contribution in [2.45, 2.75) is 45.1 Å². The molecular weight excluding hydrogens is 312 g/mol. The van der Waals surface area contributed by atoms with Gasteiger partial charge in [0.1, 0.15) is 0 Å². The average Bonchev–Trinajstić information content (AvgIpc) is 2.83. The van der Waals surface area contributed by atoms with Crippen molar-refractivity contribution < 1.29 is 0 Å². The number of nitrogens with zero attached hydrogens (tertiary/aromatic N) is 1. The highest BCUT2D eigenvalue weighted by Gasteiger charge is 2.30. The van der Waals surface area contributed by atoms with Gasteiger partial charge in [0.15, 0.2) is 0 Å². The van der Waals surface area contributed by atoms with Crippen LogP contribution in [-0.4, -0.2) is 25.0 Å². The van der Waals surface area contributed by atoms with Gasteiger partial charge < -0.3 is 5.73 Å². The molecule has 0 bridgehead atoms. The fourth-order valence-electron chi connectivity index (χ4n) is 3.48. The molecule has 1 saturated heterocycles. The largest absolute Gasteiger partial charge is 0.330 e. The predicted octanol–water partition coefficient (Wildman–Crippen LogP) is 4.30. The van der Waals surface area contributed by atoms with Crippen LogP contribution in [0.3, 0.4) is 0 Å². The Morgan fingerprint density at radius 3 is 2.55 bits per heavy atom. The second-order valence-electron chi connectivity index (χ2n) is 6.09. The number of benzene rings is 1. The molecule has 1 heterocycles. The van der Waals surface area contributed by atoms with Gasteiger partial charge in [0.25, 0.3) is 0 Å². The van der Waals surface area contributed by atoms with E-state index in [0.717, 1.165) is 13.1 Å². The maximum absolute atomic E-state index is 5.83. The molecule has 1 aromatic rings. The zero-order valence-electron chi connectivity index (χ0n) is 12.9. The Labute approximate surface area is 131 Å². The molecule has 0 aliphatic carbocycles. The Kier molecular flexibility index (Phi) is 5.65. The fourth-order valence-corrected chi connectivity index (χ4v) is 4.20. The van der Waals surface area contributed by atoms with Crippen molar-refractivity contribution in [2.75, 3.05) is 20.1 Å². The van der Waals surface area contributed by atoms with Crippen LogP contribution in [0.5, 0.6) is 0 Å². The van der Waals surface area contributed by atoms with Gasteiger partial charge in [-0.2, -0.15) is 0 Å². The third-order valence-electron chi connectivity index (χ3n) is 4.80. The first-order chi connectivity index (χ1) is 9.60. The first kappa shape index (κ1) is 16.0. The summed E-state index contributed by atoms with van der Waals surface area (Å²) in [4.78, 5) is 2.44. The minimum atomic E-state index is 0.524. The van der Waals surface area contributed by atoms with E-state index in [1.807, 2.05) is 0 Å². The van der Waals surface area contributed by atoms with Gasteiger partial charge in [-0.1, -0.05) is 41.9 Å². The van der Waals surface area contributed by atoms with Gasteiger partial charge in [-0.25, -0.2) is 0 Å². The summed E-state index contributed by atoms with van der Waals surface area (Å²) in [6.07, 6.45) is 3.59. The number of rotatable bonds is 5. The third kappa shape index (κ3) is 3.26. The van der Waals surface area contributed by atoms with E-state index >= 15 is 0 Å². The number of hydrogen-bond donors (Lipinski definition) is 1. The molecule has 1 aliphatic heterocycles. The van der Waals surface area contributed by atoms with Gasteiger partial charge in [-0.05, 0) is 61.9 Å². The van der Waals surface area contributed by atoms with Crippen LogP contribution in [0.1, 0.15) is 56.2 Å². The normalized spacial score (nSPS) is 23.7. The van der Waals surface area contributed by atoms with Crippen molar-refractivity contribution in [1.82, 2.24) is 4.90 Å². The molecule has 2 atom stereocenters. The van der Waals surface area contributed by atoms with Crippen LogP contribution in [0.2, 0.25) is 0 Å². The van der Waals surface area contributed by atoms with Crippen LogP contribution in [0.4, 0.5) is 0 Å². The zero-order valence-corrected chi connectivity index (χ0v) is 14.5. The van der Waals surface area contributed by atoms with Crippen LogP contribution in [0.25, 0.3) is 0 Å². The summed E-state index contributed by atoms with van der Waals surface area (Å²) in [5.74, 6) is 1.30. The summed E-state index contributed by atoms with van der Waals surface area (Å²) >= 11 is 3.79. The molecule has 2 N–H and O–H groups in total. The molecule has 2 nitrogen and oxygen atoms in total. The summed E-state index contributed by atoms with van der Waals surface area (Å²) in [5.41, 5.74) is 8.71. The number of nitrogens with two attached hydrogens (primary N) is 1. The van der Waals surface area contributed by atoms with Crippen molar-refractivity contribution in [2.24, 2.45) is 11.7 Å². The maximum Gasteiger partial charge on any atom is 0.0349 e. The van der Waals surface area contributed by atoms with Crippen molar-refractivity contribution in [1.29, 1.82) is 0 Å². The third-order valence-corrected chi connectivity index (χ3v) is 5.49. The lowest BCUT2D eigenvalue weighted by Gasteiger charge is -2.22. The van der Waals surface area contributed by atoms with Crippen LogP contribution >= 0.6 is 15.9 Å². The van der Waals surface area contributed by atoms with Gasteiger partial charge in [0, 0.05) is 17.1 Å². The van der Waals surface area contributed by atoms with E-state index < -0.39 is 0 Å². The highest BCUT2D eigenvalue weighted by Crippen LogP contribution is 2.37. The van der Waals surface area contributed by atoms with Crippen LogP contribution in [-0.2, 0) is 0 Å². The quantitative estimate of drug-likeness (QED) is 0.866. The van der Waals surface area contributed by atoms with Crippen LogP contribution in [0.15, 0.2) is 22.7 Å². The minimum absolute atomic E-state index is 0.524. The Balaban J connectivity index is 2.21. The molecule has 0 radical (unpaired) electrons. The molecule has 0 amide bonds. The Morgan fingerprint density at radius 2 is 2.05 bits per heavy atom. The number of halogens is 1. The van der Waals surface area contributed by atoms with Crippen molar-refractivity contribution in [3.05, 3.63) is 33.8 Å². The Hall–Kier alpha value is -0.380. The highest BCUT2D eigenvalue weighted by atomic mass is 79.9. The van der Waals surface area contributed by atoms with Crippen LogP contribution in [0, 0.1) is 5.92 Å². The molecule has 0 aromatic heterocycles. The summed E-state index contributed by atoms with van der Waals surface area (Å²) in [6, 6.07) is 7.49. The highest BCUT2D eigenvalue weighted by molar-refractivity contribution is 9.10. The van der Waals surface area contributed by atoms with Gasteiger partial charge in [-0.3, -0.25) is 4.90 Å². The first-order valence-electron chi connectivity index (χ1n) is 7.80. The smallest absolute Gasteiger partial charge is 0.0349 e. The molecule has 1 aromatic carbocycles. The van der Waals surface area contributed by atoms with Crippen molar-refractivity contribution in [3.8, 4) is 0 Å². The van der Waals surface area contributed by atoms with E-state index in [1.54, 1.807) is 0 Å². The molecule has 2 rings (SSSR count). The molecule has 112 valence electrons. The number of hydrogen-bond acceptors (Lipinski definition) is 2. The summed E-state index contributed by atoms with van der Waals surface area (Å²) in [7, 11) is 2.21. The van der Waals surface area contributed by atoms with E-state index in [0.29, 0.717) is 17.9 Å². The van der Waals surface area contributed by atoms with E-state index in [4.69, 9.17) is 5.73 Å². The second kappa shape index (κ2) is 7.06. The number of likely N-dealkylation sites (tertiary alicyclic amines) is 1. The SMILES string of the molecule is CCC(CC)c1ccc(C2CC(CN)CN2C)cc1Br. The average molecular weight is 339 g/mol. The summed E-state index contributed by atoms with van der Waals surface area (Å²) in [6.45, 7) is 6.46. The standard InChI is InChI=1S/C17H27BrN2/c1-4-13(5-2)15-7-6-14(9-16(15)18)17-8-12(10-19)11-20(17)3/h6-7,9,12-13,17H,4-5,8,10-11,19H2,1-3H3. The van der Waals surface area contributed by atoms with E-state index in [-0.39, 0.29) is 0 Å². The van der Waals surface area contributed by atoms with E-state index in [2.05, 4.69) is 59.9 Å². The maximum atomic E-state index is 5.83. The molecule has 1 fully saturated rings. The summed E-state index contributed by atoms with van der Waals surface area (Å²) in [5, 5.41) is 0. The topological polar surface area (TPSA) is 29.3 Å². The van der Waals surface area contributed by atoms with E-state index in [9.17, 15) is 0 Å². The lowest BCUT2D eigenvalue weighted by Crippen LogP contribution is -2.20. The van der Waals surface area contributed by atoms with Gasteiger partial charge >= 0.3 is 0 Å². The summed E-state index contributed by atoms with van der Waals surface area (Å²) < 4.78 is 1.27. The van der Waals surface area contributed by atoms with Crippen molar-refractivity contribution >= 4 is 15.9 Å². The monoisotopic (exact) mass is 338 g/mol. The first-order valence-corrected chi connectivity index (χ1v) is 8.59. The van der Waals surface area contributed by atoms with Gasteiger partial charge in [0.2, 0.25) is 0 Å². The molecular formula is C17H27BrN2. The fraction of sp³-hybridized carbons (Fsp3) is 0.647. The van der Waals surface area contributed by atoms with Crippen LogP contribution < -0.4 is 5.73 Å². The van der Waals surface area contributed by atoms with Gasteiger partial charge in [0.05, 0.1) is 0 Å². The molecule has 1 aliphatic rings. The zero-order chi connectivity index (χ0) is 14.7. The van der Waals surface area contributed by atoms with Crippen molar-refractivity contribution in [3.63, 3.8) is 0 Å². The lowest BCUT2D eigenvalue weighted by molar-refractivity contribution is 0.313. The second-order valence-corrected chi connectivity index (χ2v) is 6.94. The molecule has 20 heavy (non-hydrogen) atoms. The minimum Gasteiger partial charge on any atom is -0.330 e. The lowest BCUT2D eigenvalue weighted by atomic mass is 9.91. The Morgan fingerprint density at radius 1 is 1.35 bits per heavy atom. The molecule has 2 unspecified atom stereocenters. The predicted molar refractivity (Wildman–Crippen MR) is 90.0 cm³/mol.